The Morgan fingerprint density at radius 3 is 2.79 bits per heavy atom. The van der Waals surface area contributed by atoms with Crippen molar-refractivity contribution in [1.29, 1.82) is 0 Å². The number of aryl methyl sites for hydroxylation is 1. The highest BCUT2D eigenvalue weighted by molar-refractivity contribution is 5.77. The number of carbonyl (C=O) groups is 1. The van der Waals surface area contributed by atoms with E-state index in [1.54, 1.807) is 17.0 Å². The number of hydrogen-bond donors (Lipinski definition) is 2. The second kappa shape index (κ2) is 7.46. The van der Waals surface area contributed by atoms with Gasteiger partial charge in [0.2, 0.25) is 0 Å². The van der Waals surface area contributed by atoms with E-state index in [9.17, 15) is 4.79 Å². The average Bonchev–Trinajstić information content (AvgIpc) is 3.07. The Bertz CT molecular complexity index is 811. The molecule has 0 aliphatic rings. The van der Waals surface area contributed by atoms with Crippen molar-refractivity contribution in [1.82, 2.24) is 14.9 Å². The summed E-state index contributed by atoms with van der Waals surface area (Å²) in [5, 5.41) is 6.16. The molecular weight excluding hydrogens is 300 g/mol. The molecule has 0 aliphatic carbocycles. The molecule has 24 heavy (non-hydrogen) atoms. The van der Waals surface area contributed by atoms with E-state index >= 15 is 0 Å². The maximum atomic E-state index is 12.4. The lowest BCUT2D eigenvalue weighted by Crippen LogP contribution is -2.29. The molecule has 2 N–H and O–H groups in total. The molecule has 122 valence electrons. The van der Waals surface area contributed by atoms with Crippen LogP contribution < -0.4 is 10.6 Å². The fourth-order valence-electron chi connectivity index (χ4n) is 2.49. The molecule has 0 unspecified atom stereocenters. The highest BCUT2D eigenvalue weighted by Crippen LogP contribution is 2.08. The maximum absolute atomic E-state index is 12.4. The molecule has 0 fully saturated rings. The Morgan fingerprint density at radius 1 is 1.08 bits per heavy atom. The third-order valence-corrected chi connectivity index (χ3v) is 3.69. The van der Waals surface area contributed by atoms with E-state index in [0.29, 0.717) is 13.1 Å². The number of carbonyl (C=O) groups excluding carboxylic acids is 1. The van der Waals surface area contributed by atoms with E-state index < -0.39 is 0 Å². The molecule has 0 saturated carbocycles. The molecule has 3 rings (SSSR count). The number of nitrogens with zero attached hydrogens (tertiary/aromatic N) is 2. The van der Waals surface area contributed by atoms with Crippen LogP contribution >= 0.6 is 0 Å². The number of benzene rings is 1. The summed E-state index contributed by atoms with van der Waals surface area (Å²) in [6.07, 6.45) is 3.50. The van der Waals surface area contributed by atoms with Crippen LogP contribution in [-0.2, 0) is 13.1 Å². The molecule has 5 nitrogen and oxygen atoms in total. The van der Waals surface area contributed by atoms with Crippen LogP contribution in [0.3, 0.4) is 0 Å². The molecule has 0 radical (unpaired) electrons. The minimum Gasteiger partial charge on any atom is -0.364 e. The fourth-order valence-corrected chi connectivity index (χ4v) is 2.49. The molecule has 0 aliphatic heterocycles. The van der Waals surface area contributed by atoms with Crippen LogP contribution in [0.2, 0.25) is 0 Å². The highest BCUT2D eigenvalue weighted by atomic mass is 16.2. The predicted octanol–water partition coefficient (Wildman–Crippen LogP) is 3.56. The molecule has 0 atom stereocenters. The number of anilines is 1. The van der Waals surface area contributed by atoms with E-state index in [2.05, 4.69) is 21.7 Å². The van der Waals surface area contributed by atoms with Gasteiger partial charge in [0, 0.05) is 24.6 Å². The first kappa shape index (κ1) is 15.8. The van der Waals surface area contributed by atoms with Crippen LogP contribution in [0.4, 0.5) is 10.6 Å². The van der Waals surface area contributed by atoms with E-state index in [-0.39, 0.29) is 6.03 Å². The van der Waals surface area contributed by atoms with Gasteiger partial charge in [0.15, 0.2) is 0 Å². The van der Waals surface area contributed by atoms with Gasteiger partial charge in [-0.15, -0.1) is 0 Å². The molecule has 0 bridgehead atoms. The molecule has 2 aromatic heterocycles. The smallest absolute Gasteiger partial charge is 0.326 e. The zero-order valence-corrected chi connectivity index (χ0v) is 13.6. The largest absolute Gasteiger partial charge is 0.364 e. The summed E-state index contributed by atoms with van der Waals surface area (Å²) in [7, 11) is 0. The molecular formula is C19H20N4O. The van der Waals surface area contributed by atoms with Crippen molar-refractivity contribution in [3.8, 4) is 0 Å². The molecule has 0 spiro atoms. The molecule has 2 heterocycles. The summed E-state index contributed by atoms with van der Waals surface area (Å²) in [5.41, 5.74) is 3.15. The summed E-state index contributed by atoms with van der Waals surface area (Å²) in [5.74, 6) is 0.783. The lowest BCUT2D eigenvalue weighted by atomic mass is 10.1. The number of nitrogens with one attached hydrogen (secondary N) is 2. The van der Waals surface area contributed by atoms with Crippen molar-refractivity contribution >= 4 is 11.8 Å². The van der Waals surface area contributed by atoms with Crippen LogP contribution in [0, 0.1) is 6.92 Å². The van der Waals surface area contributed by atoms with E-state index in [4.69, 9.17) is 0 Å². The zero-order chi connectivity index (χ0) is 16.8. The third-order valence-electron chi connectivity index (χ3n) is 3.69. The van der Waals surface area contributed by atoms with Crippen molar-refractivity contribution in [2.45, 2.75) is 20.0 Å². The van der Waals surface area contributed by atoms with Crippen LogP contribution in [-0.4, -0.2) is 15.6 Å². The third kappa shape index (κ3) is 4.01. The Hall–Kier alpha value is -3.08. The molecule has 3 aromatic rings. The number of pyridine rings is 1. The van der Waals surface area contributed by atoms with Crippen LogP contribution in [0.25, 0.3) is 0 Å². The highest BCUT2D eigenvalue weighted by Gasteiger charge is 2.09. The van der Waals surface area contributed by atoms with Crippen molar-refractivity contribution in [3.63, 3.8) is 0 Å². The average molecular weight is 320 g/mol. The molecule has 1 amide bonds. The van der Waals surface area contributed by atoms with E-state index in [1.807, 2.05) is 55.5 Å². The SMILES string of the molecule is Cc1cccc(CNC(=O)n2cccc2CNc2ccccn2)c1. The molecule has 1 aromatic carbocycles. The van der Waals surface area contributed by atoms with Gasteiger partial charge in [0.05, 0.1) is 6.54 Å². The summed E-state index contributed by atoms with van der Waals surface area (Å²) in [6.45, 7) is 3.08. The van der Waals surface area contributed by atoms with Gasteiger partial charge in [-0.25, -0.2) is 9.78 Å². The Labute approximate surface area is 141 Å². The first-order valence-electron chi connectivity index (χ1n) is 7.87. The van der Waals surface area contributed by atoms with Gasteiger partial charge in [-0.2, -0.15) is 0 Å². The van der Waals surface area contributed by atoms with Gasteiger partial charge in [-0.1, -0.05) is 35.9 Å². The van der Waals surface area contributed by atoms with Gasteiger partial charge < -0.3 is 10.6 Å². The van der Waals surface area contributed by atoms with Crippen molar-refractivity contribution in [2.75, 3.05) is 5.32 Å². The van der Waals surface area contributed by atoms with Gasteiger partial charge >= 0.3 is 6.03 Å². The predicted molar refractivity (Wildman–Crippen MR) is 94.8 cm³/mol. The standard InChI is InChI=1S/C19H20N4O/c1-15-6-4-7-16(12-15)13-22-19(24)23-11-5-8-17(23)14-21-18-9-2-3-10-20-18/h2-12H,13-14H2,1H3,(H,20,21)(H,22,24). The van der Waals surface area contributed by atoms with Gasteiger partial charge in [0.1, 0.15) is 5.82 Å². The van der Waals surface area contributed by atoms with Gasteiger partial charge in [0.25, 0.3) is 0 Å². The number of hydrogen-bond acceptors (Lipinski definition) is 3. The minimum atomic E-state index is -0.140. The van der Waals surface area contributed by atoms with Crippen LogP contribution in [0.1, 0.15) is 16.8 Å². The van der Waals surface area contributed by atoms with Crippen molar-refractivity contribution in [2.24, 2.45) is 0 Å². The summed E-state index contributed by atoms with van der Waals surface area (Å²) >= 11 is 0. The van der Waals surface area contributed by atoms with Crippen LogP contribution in [0.15, 0.2) is 67.0 Å². The lowest BCUT2D eigenvalue weighted by molar-refractivity contribution is 0.241. The summed E-state index contributed by atoms with van der Waals surface area (Å²) in [6, 6.07) is 17.4. The molecule has 5 heteroatoms. The number of rotatable bonds is 5. The minimum absolute atomic E-state index is 0.140. The monoisotopic (exact) mass is 320 g/mol. The Morgan fingerprint density at radius 2 is 2.00 bits per heavy atom. The van der Waals surface area contributed by atoms with E-state index in [0.717, 1.165) is 17.1 Å². The van der Waals surface area contributed by atoms with Crippen LogP contribution in [0.5, 0.6) is 0 Å². The normalized spacial score (nSPS) is 10.4. The first-order valence-corrected chi connectivity index (χ1v) is 7.87. The number of amides is 1. The topological polar surface area (TPSA) is 59.0 Å². The second-order valence-corrected chi connectivity index (χ2v) is 5.59. The van der Waals surface area contributed by atoms with Crippen molar-refractivity contribution < 1.29 is 4.79 Å². The summed E-state index contributed by atoms with van der Waals surface area (Å²) in [4.78, 5) is 16.6. The summed E-state index contributed by atoms with van der Waals surface area (Å²) < 4.78 is 1.62. The van der Waals surface area contributed by atoms with Gasteiger partial charge in [-0.3, -0.25) is 4.57 Å². The number of aromatic nitrogens is 2. The fraction of sp³-hybridized carbons (Fsp3) is 0.158. The second-order valence-electron chi connectivity index (χ2n) is 5.59. The lowest BCUT2D eigenvalue weighted by Gasteiger charge is -2.11. The van der Waals surface area contributed by atoms with E-state index in [1.165, 1.54) is 5.56 Å². The Kier molecular flexibility index (Phi) is 4.91. The quantitative estimate of drug-likeness (QED) is 0.755. The zero-order valence-electron chi connectivity index (χ0n) is 13.6. The van der Waals surface area contributed by atoms with Gasteiger partial charge in [-0.05, 0) is 36.8 Å². The maximum Gasteiger partial charge on any atom is 0.326 e. The first-order chi connectivity index (χ1) is 11.7. The molecule has 0 saturated heterocycles. The Balaban J connectivity index is 1.60. The van der Waals surface area contributed by atoms with Crippen molar-refractivity contribution in [3.05, 3.63) is 83.8 Å².